The van der Waals surface area contributed by atoms with Crippen LogP contribution in [0.5, 0.6) is 0 Å². The summed E-state index contributed by atoms with van der Waals surface area (Å²) in [5.74, 6) is -0.619. The van der Waals surface area contributed by atoms with E-state index in [9.17, 15) is 13.2 Å². The van der Waals surface area contributed by atoms with E-state index in [0.717, 1.165) is 37.3 Å². The van der Waals surface area contributed by atoms with Gasteiger partial charge < -0.3 is 5.73 Å². The summed E-state index contributed by atoms with van der Waals surface area (Å²) in [6.07, 6.45) is 4.20. The van der Waals surface area contributed by atoms with Gasteiger partial charge in [-0.3, -0.25) is 9.69 Å². The minimum absolute atomic E-state index is 0.126. The Morgan fingerprint density at radius 1 is 1.26 bits per heavy atom. The molecule has 1 aliphatic heterocycles. The van der Waals surface area contributed by atoms with Crippen LogP contribution < -0.4 is 10.5 Å². The van der Waals surface area contributed by atoms with Gasteiger partial charge in [-0.05, 0) is 37.4 Å². The van der Waals surface area contributed by atoms with Crippen molar-refractivity contribution in [3.63, 3.8) is 0 Å². The quantitative estimate of drug-likeness (QED) is 0.703. The summed E-state index contributed by atoms with van der Waals surface area (Å²) < 4.78 is 27.6. The Labute approximate surface area is 164 Å². The minimum atomic E-state index is -3.61. The third-order valence-corrected chi connectivity index (χ3v) is 7.77. The number of hydrogen-bond acceptors (Lipinski definition) is 5. The second kappa shape index (κ2) is 8.97. The first kappa shape index (κ1) is 20.0. The Morgan fingerprint density at radius 2 is 2.04 bits per heavy atom. The van der Waals surface area contributed by atoms with Crippen molar-refractivity contribution in [3.8, 4) is 0 Å². The minimum Gasteiger partial charge on any atom is -0.366 e. The van der Waals surface area contributed by atoms with Gasteiger partial charge in [0.15, 0.2) is 0 Å². The number of nitrogens with zero attached hydrogens (tertiary/aromatic N) is 1. The zero-order valence-corrected chi connectivity index (χ0v) is 16.8. The molecule has 1 aliphatic rings. The molecule has 1 unspecified atom stereocenters. The van der Waals surface area contributed by atoms with Crippen LogP contribution in [-0.2, 0) is 16.6 Å². The highest BCUT2D eigenvalue weighted by atomic mass is 32.2. The molecule has 0 bridgehead atoms. The molecule has 8 heteroatoms. The zero-order valence-electron chi connectivity index (χ0n) is 15.1. The van der Waals surface area contributed by atoms with Crippen molar-refractivity contribution < 1.29 is 13.2 Å². The van der Waals surface area contributed by atoms with Gasteiger partial charge >= 0.3 is 0 Å². The Morgan fingerprint density at radius 3 is 2.74 bits per heavy atom. The van der Waals surface area contributed by atoms with E-state index < -0.39 is 15.9 Å². The second-order valence-electron chi connectivity index (χ2n) is 6.81. The molecule has 0 radical (unpaired) electrons. The third kappa shape index (κ3) is 5.38. The van der Waals surface area contributed by atoms with Crippen LogP contribution in [0.4, 0.5) is 0 Å². The fourth-order valence-electron chi connectivity index (χ4n) is 3.43. The van der Waals surface area contributed by atoms with Crippen LogP contribution >= 0.6 is 11.3 Å². The third-order valence-electron chi connectivity index (χ3n) is 4.87. The van der Waals surface area contributed by atoms with Crippen molar-refractivity contribution in [1.29, 1.82) is 0 Å². The first-order chi connectivity index (χ1) is 13.0. The van der Waals surface area contributed by atoms with Crippen molar-refractivity contribution in [3.05, 3.63) is 52.9 Å². The molecule has 2 heterocycles. The molecule has 1 amide bonds. The van der Waals surface area contributed by atoms with Crippen LogP contribution in [0.2, 0.25) is 0 Å². The molecular formula is C19H25N3O3S2. The molecule has 6 nitrogen and oxygen atoms in total. The fourth-order valence-corrected chi connectivity index (χ4v) is 5.69. The Bertz CT molecular complexity index is 865. The zero-order chi connectivity index (χ0) is 19.3. The van der Waals surface area contributed by atoms with E-state index >= 15 is 0 Å². The van der Waals surface area contributed by atoms with Gasteiger partial charge in [0.1, 0.15) is 4.21 Å². The van der Waals surface area contributed by atoms with E-state index in [-0.39, 0.29) is 9.77 Å². The SMILES string of the molecule is NC(=O)c1csc(S(=O)(=O)NCCC2CCCCN2Cc2ccccc2)c1. The van der Waals surface area contributed by atoms with Gasteiger partial charge in [-0.15, -0.1) is 11.3 Å². The summed E-state index contributed by atoms with van der Waals surface area (Å²) in [5.41, 5.74) is 6.70. The lowest BCUT2D eigenvalue weighted by atomic mass is 9.98. The van der Waals surface area contributed by atoms with E-state index in [2.05, 4.69) is 21.8 Å². The highest BCUT2D eigenvalue weighted by Gasteiger charge is 2.24. The Kier molecular flexibility index (Phi) is 6.64. The van der Waals surface area contributed by atoms with Crippen LogP contribution in [0, 0.1) is 0 Å². The number of nitrogens with one attached hydrogen (secondary N) is 1. The maximum atomic E-state index is 12.4. The topological polar surface area (TPSA) is 92.5 Å². The summed E-state index contributed by atoms with van der Waals surface area (Å²) in [4.78, 5) is 13.6. The van der Waals surface area contributed by atoms with E-state index in [1.165, 1.54) is 29.9 Å². The van der Waals surface area contributed by atoms with Crippen molar-refractivity contribution in [1.82, 2.24) is 9.62 Å². The first-order valence-electron chi connectivity index (χ1n) is 9.12. The van der Waals surface area contributed by atoms with Gasteiger partial charge in [0.2, 0.25) is 15.9 Å². The fraction of sp³-hybridized carbons (Fsp3) is 0.421. The van der Waals surface area contributed by atoms with Crippen molar-refractivity contribution in [2.24, 2.45) is 5.73 Å². The molecule has 146 valence electrons. The average Bonchev–Trinajstić information content (AvgIpc) is 3.15. The van der Waals surface area contributed by atoms with E-state index in [1.54, 1.807) is 0 Å². The largest absolute Gasteiger partial charge is 0.366 e. The number of carbonyl (C=O) groups excluding carboxylic acids is 1. The highest BCUT2D eigenvalue weighted by Crippen LogP contribution is 2.23. The maximum absolute atomic E-state index is 12.4. The second-order valence-corrected chi connectivity index (χ2v) is 9.72. The number of amides is 1. The lowest BCUT2D eigenvalue weighted by Crippen LogP contribution is -2.41. The lowest BCUT2D eigenvalue weighted by molar-refractivity contribution is 0.100. The van der Waals surface area contributed by atoms with Crippen molar-refractivity contribution in [2.45, 2.75) is 42.5 Å². The molecular weight excluding hydrogens is 382 g/mol. The van der Waals surface area contributed by atoms with Gasteiger partial charge in [0.25, 0.3) is 0 Å². The molecule has 3 rings (SSSR count). The number of hydrogen-bond donors (Lipinski definition) is 2. The molecule has 27 heavy (non-hydrogen) atoms. The van der Waals surface area contributed by atoms with Gasteiger partial charge in [0, 0.05) is 24.5 Å². The average molecular weight is 408 g/mol. The maximum Gasteiger partial charge on any atom is 0.250 e. The molecule has 0 saturated carbocycles. The molecule has 0 spiro atoms. The highest BCUT2D eigenvalue weighted by molar-refractivity contribution is 7.91. The summed E-state index contributed by atoms with van der Waals surface area (Å²) in [6.45, 7) is 2.31. The number of benzene rings is 1. The molecule has 1 aromatic carbocycles. The molecule has 1 fully saturated rings. The standard InChI is InChI=1S/C19H25N3O3S2/c20-19(23)16-12-18(26-14-16)27(24,25)21-10-9-17-8-4-5-11-22(17)13-15-6-2-1-3-7-15/h1-3,6-7,12,14,17,21H,4-5,8-11,13H2,(H2,20,23). The van der Waals surface area contributed by atoms with Crippen molar-refractivity contribution in [2.75, 3.05) is 13.1 Å². The number of carbonyl (C=O) groups is 1. The first-order valence-corrected chi connectivity index (χ1v) is 11.5. The van der Waals surface area contributed by atoms with Gasteiger partial charge in [-0.1, -0.05) is 36.8 Å². The van der Waals surface area contributed by atoms with Gasteiger partial charge in [-0.25, -0.2) is 13.1 Å². The van der Waals surface area contributed by atoms with Crippen molar-refractivity contribution >= 4 is 27.3 Å². The van der Waals surface area contributed by atoms with Crippen LogP contribution in [0.3, 0.4) is 0 Å². The van der Waals surface area contributed by atoms with Gasteiger partial charge in [0.05, 0.1) is 5.56 Å². The van der Waals surface area contributed by atoms with E-state index in [4.69, 9.17) is 5.73 Å². The monoisotopic (exact) mass is 407 g/mol. The van der Waals surface area contributed by atoms with Crippen LogP contribution in [0.25, 0.3) is 0 Å². The smallest absolute Gasteiger partial charge is 0.250 e. The molecule has 1 saturated heterocycles. The summed E-state index contributed by atoms with van der Waals surface area (Å²) in [5, 5.41) is 1.47. The number of primary amides is 1. The Hall–Kier alpha value is -1.74. The summed E-state index contributed by atoms with van der Waals surface area (Å²) >= 11 is 1.01. The molecule has 3 N–H and O–H groups in total. The predicted octanol–water partition coefficient (Wildman–Crippen LogP) is 2.57. The number of piperidine rings is 1. The molecule has 0 aliphatic carbocycles. The number of rotatable bonds is 8. The number of nitrogens with two attached hydrogens (primary N) is 1. The van der Waals surface area contributed by atoms with Crippen LogP contribution in [0.15, 0.2) is 46.0 Å². The van der Waals surface area contributed by atoms with E-state index in [0.29, 0.717) is 12.6 Å². The Balaban J connectivity index is 1.56. The summed E-state index contributed by atoms with van der Waals surface area (Å²) in [6, 6.07) is 12.1. The number of sulfonamides is 1. The predicted molar refractivity (Wildman–Crippen MR) is 107 cm³/mol. The normalized spacial score (nSPS) is 18.4. The lowest BCUT2D eigenvalue weighted by Gasteiger charge is -2.36. The molecule has 1 atom stereocenters. The summed E-state index contributed by atoms with van der Waals surface area (Å²) in [7, 11) is -3.61. The number of thiophene rings is 1. The van der Waals surface area contributed by atoms with Crippen LogP contribution in [0.1, 0.15) is 41.6 Å². The van der Waals surface area contributed by atoms with Crippen LogP contribution in [-0.4, -0.2) is 38.4 Å². The number of likely N-dealkylation sites (tertiary alicyclic amines) is 1. The van der Waals surface area contributed by atoms with Gasteiger partial charge in [-0.2, -0.15) is 0 Å². The molecule has 2 aromatic rings. The van der Waals surface area contributed by atoms with E-state index in [1.807, 2.05) is 18.2 Å². The molecule has 1 aromatic heterocycles.